The molecule has 1 rings (SSSR count). The summed E-state index contributed by atoms with van der Waals surface area (Å²) in [5, 5.41) is 0. The highest BCUT2D eigenvalue weighted by Crippen LogP contribution is 2.09. The minimum absolute atomic E-state index is 0. The molecule has 0 spiro atoms. The van der Waals surface area contributed by atoms with E-state index >= 15 is 0 Å². The molecule has 0 aliphatic rings. The maximum absolute atomic E-state index is 11.9. The van der Waals surface area contributed by atoms with Crippen molar-refractivity contribution in [2.24, 2.45) is 0 Å². The van der Waals surface area contributed by atoms with Gasteiger partial charge in [-0.05, 0) is 6.07 Å². The third kappa shape index (κ3) is 5.90. The molecule has 0 aliphatic heterocycles. The molecule has 19 heavy (non-hydrogen) atoms. The van der Waals surface area contributed by atoms with Crippen LogP contribution in [0.15, 0.2) is 24.3 Å². The van der Waals surface area contributed by atoms with Gasteiger partial charge in [-0.25, -0.2) is 0 Å². The van der Waals surface area contributed by atoms with Crippen molar-refractivity contribution in [3.8, 4) is 0 Å². The van der Waals surface area contributed by atoms with E-state index in [1.807, 2.05) is 0 Å². The van der Waals surface area contributed by atoms with E-state index in [-0.39, 0.29) is 13.3 Å². The molecule has 0 saturated carbocycles. The summed E-state index contributed by atoms with van der Waals surface area (Å²) >= 11 is 0. The minimum Gasteiger partial charge on any atom is -0.341 e. The standard InChI is InChI=1S/C12H13NO3.CH3F.CH4/c1-13(7-4-8-14)12(16)11-6-3-2-5-10(11)9-15;1-2;/h2-3,5-6,8-9H,4,7H2,1H3;1H3;1H4. The maximum Gasteiger partial charge on any atom is 0.254 e. The van der Waals surface area contributed by atoms with Crippen molar-refractivity contribution in [3.05, 3.63) is 35.4 Å². The molecule has 5 heteroatoms. The van der Waals surface area contributed by atoms with Crippen LogP contribution < -0.4 is 0 Å². The molecular formula is C14H20FNO3. The van der Waals surface area contributed by atoms with Crippen molar-refractivity contribution in [2.45, 2.75) is 13.8 Å². The molecular weight excluding hydrogens is 249 g/mol. The first-order valence-electron chi connectivity index (χ1n) is 5.31. The summed E-state index contributed by atoms with van der Waals surface area (Å²) in [6.07, 6.45) is 1.71. The Morgan fingerprint density at radius 1 is 1.26 bits per heavy atom. The van der Waals surface area contributed by atoms with E-state index in [0.29, 0.717) is 37.6 Å². The molecule has 0 N–H and O–H groups in total. The van der Waals surface area contributed by atoms with Crippen LogP contribution in [0.3, 0.4) is 0 Å². The molecule has 0 radical (unpaired) electrons. The second-order valence-corrected chi connectivity index (χ2v) is 3.39. The van der Waals surface area contributed by atoms with Crippen LogP contribution in [0.2, 0.25) is 0 Å². The van der Waals surface area contributed by atoms with Gasteiger partial charge in [-0.1, -0.05) is 25.6 Å². The molecule has 0 aliphatic carbocycles. The summed E-state index contributed by atoms with van der Waals surface area (Å²) in [7, 11) is 2.10. The Hall–Kier alpha value is -2.04. The molecule has 0 unspecified atom stereocenters. The van der Waals surface area contributed by atoms with Gasteiger partial charge >= 0.3 is 0 Å². The van der Waals surface area contributed by atoms with E-state index in [4.69, 9.17) is 0 Å². The van der Waals surface area contributed by atoms with Crippen molar-refractivity contribution >= 4 is 18.5 Å². The van der Waals surface area contributed by atoms with Crippen LogP contribution in [0.5, 0.6) is 0 Å². The number of alkyl halides is 1. The summed E-state index contributed by atoms with van der Waals surface area (Å²) in [5.41, 5.74) is 0.733. The molecule has 1 aromatic rings. The SMILES string of the molecule is C.CF.CN(CCC=O)C(=O)c1ccccc1C=O. The predicted molar refractivity (Wildman–Crippen MR) is 73.2 cm³/mol. The quantitative estimate of drug-likeness (QED) is 0.771. The zero-order chi connectivity index (χ0) is 14.0. The molecule has 0 heterocycles. The first-order valence-corrected chi connectivity index (χ1v) is 5.31. The van der Waals surface area contributed by atoms with Gasteiger partial charge in [0.15, 0.2) is 6.29 Å². The summed E-state index contributed by atoms with van der Waals surface area (Å²) in [4.78, 5) is 34.2. The molecule has 0 bridgehead atoms. The lowest BCUT2D eigenvalue weighted by Gasteiger charge is -2.16. The fraction of sp³-hybridized carbons (Fsp3) is 0.357. The average Bonchev–Trinajstić information content (AvgIpc) is 2.45. The Morgan fingerprint density at radius 3 is 2.37 bits per heavy atom. The highest BCUT2D eigenvalue weighted by atomic mass is 19.1. The molecule has 4 nitrogen and oxygen atoms in total. The third-order valence-corrected chi connectivity index (χ3v) is 2.25. The number of hydrogen-bond acceptors (Lipinski definition) is 3. The Kier molecular flexibility index (Phi) is 11.3. The van der Waals surface area contributed by atoms with E-state index in [9.17, 15) is 18.8 Å². The Balaban J connectivity index is 0. The van der Waals surface area contributed by atoms with E-state index in [2.05, 4.69) is 0 Å². The van der Waals surface area contributed by atoms with Gasteiger partial charge in [0, 0.05) is 25.6 Å². The van der Waals surface area contributed by atoms with Gasteiger partial charge in [0.1, 0.15) is 6.29 Å². The number of amides is 1. The Bertz CT molecular complexity index is 407. The lowest BCUT2D eigenvalue weighted by molar-refractivity contribution is -0.108. The van der Waals surface area contributed by atoms with E-state index in [1.165, 1.54) is 4.90 Å². The van der Waals surface area contributed by atoms with Crippen molar-refractivity contribution < 1.29 is 18.8 Å². The normalized spacial score (nSPS) is 8.37. The molecule has 0 aromatic heterocycles. The molecule has 0 saturated heterocycles. The van der Waals surface area contributed by atoms with Gasteiger partial charge in [-0.2, -0.15) is 0 Å². The van der Waals surface area contributed by atoms with Crippen LogP contribution in [0, 0.1) is 0 Å². The zero-order valence-corrected chi connectivity index (χ0v) is 10.4. The van der Waals surface area contributed by atoms with Crippen LogP contribution >= 0.6 is 0 Å². The monoisotopic (exact) mass is 269 g/mol. The van der Waals surface area contributed by atoms with E-state index in [0.717, 1.165) is 6.29 Å². The molecule has 1 aromatic carbocycles. The van der Waals surface area contributed by atoms with Crippen LogP contribution in [0.1, 0.15) is 34.6 Å². The molecule has 0 fully saturated rings. The van der Waals surface area contributed by atoms with Crippen LogP contribution in [0.4, 0.5) is 4.39 Å². The number of rotatable bonds is 5. The second kappa shape index (κ2) is 11.1. The van der Waals surface area contributed by atoms with Crippen LogP contribution in [-0.2, 0) is 4.79 Å². The zero-order valence-electron chi connectivity index (χ0n) is 10.4. The number of nitrogens with zero attached hydrogens (tertiary/aromatic N) is 1. The van der Waals surface area contributed by atoms with Gasteiger partial charge in [0.2, 0.25) is 0 Å². The molecule has 0 atom stereocenters. The number of halogens is 1. The van der Waals surface area contributed by atoms with Gasteiger partial charge in [-0.15, -0.1) is 0 Å². The highest BCUT2D eigenvalue weighted by Gasteiger charge is 2.14. The third-order valence-electron chi connectivity index (χ3n) is 2.25. The van der Waals surface area contributed by atoms with Crippen molar-refractivity contribution in [1.29, 1.82) is 0 Å². The lowest BCUT2D eigenvalue weighted by Crippen LogP contribution is -2.28. The van der Waals surface area contributed by atoms with Gasteiger partial charge < -0.3 is 9.69 Å². The summed E-state index contributed by atoms with van der Waals surface area (Å²) in [6.45, 7) is 0.357. The predicted octanol–water partition coefficient (Wildman–Crippen LogP) is 2.38. The topological polar surface area (TPSA) is 54.5 Å². The fourth-order valence-corrected chi connectivity index (χ4v) is 1.35. The van der Waals surface area contributed by atoms with Crippen LogP contribution in [-0.4, -0.2) is 44.1 Å². The molecule has 1 amide bonds. The van der Waals surface area contributed by atoms with Gasteiger partial charge in [0.25, 0.3) is 5.91 Å². The number of carbonyl (C=O) groups is 3. The second-order valence-electron chi connectivity index (χ2n) is 3.39. The number of hydrogen-bond donors (Lipinski definition) is 0. The van der Waals surface area contributed by atoms with Gasteiger partial charge in [0.05, 0.1) is 12.7 Å². The average molecular weight is 269 g/mol. The first kappa shape index (κ1) is 19.3. The highest BCUT2D eigenvalue weighted by molar-refractivity contribution is 6.01. The van der Waals surface area contributed by atoms with Crippen molar-refractivity contribution in [3.63, 3.8) is 0 Å². The summed E-state index contributed by atoms with van der Waals surface area (Å²) in [6, 6.07) is 6.59. The number of benzene rings is 1. The Morgan fingerprint density at radius 2 is 1.84 bits per heavy atom. The van der Waals surface area contributed by atoms with E-state index < -0.39 is 0 Å². The van der Waals surface area contributed by atoms with Crippen molar-refractivity contribution in [1.82, 2.24) is 4.90 Å². The maximum atomic E-state index is 11.9. The first-order chi connectivity index (χ1) is 8.70. The van der Waals surface area contributed by atoms with Crippen molar-refractivity contribution in [2.75, 3.05) is 20.8 Å². The number of aldehydes is 2. The van der Waals surface area contributed by atoms with Gasteiger partial charge in [-0.3, -0.25) is 14.0 Å². The summed E-state index contributed by atoms with van der Waals surface area (Å²) < 4.78 is 9.50. The molecule has 106 valence electrons. The lowest BCUT2D eigenvalue weighted by atomic mass is 10.1. The van der Waals surface area contributed by atoms with E-state index in [1.54, 1.807) is 31.3 Å². The number of carbonyl (C=O) groups excluding carboxylic acids is 3. The smallest absolute Gasteiger partial charge is 0.254 e. The summed E-state index contributed by atoms with van der Waals surface area (Å²) in [5.74, 6) is -0.246. The van der Waals surface area contributed by atoms with Crippen LogP contribution in [0.25, 0.3) is 0 Å². The fourth-order valence-electron chi connectivity index (χ4n) is 1.35. The Labute approximate surface area is 113 Å². The minimum atomic E-state index is -0.246. The largest absolute Gasteiger partial charge is 0.341 e.